The van der Waals surface area contributed by atoms with Crippen LogP contribution < -0.4 is 14.9 Å². The molecule has 0 spiro atoms. The van der Waals surface area contributed by atoms with E-state index in [2.05, 4.69) is 34.8 Å². The molecule has 4 rings (SSSR count). The van der Waals surface area contributed by atoms with E-state index in [0.717, 1.165) is 18.4 Å². The Balaban J connectivity index is 1.61. The van der Waals surface area contributed by atoms with Gasteiger partial charge in [0.15, 0.2) is 11.5 Å². The van der Waals surface area contributed by atoms with Gasteiger partial charge in [-0.2, -0.15) is 5.10 Å². The van der Waals surface area contributed by atoms with Crippen molar-refractivity contribution in [1.82, 2.24) is 5.43 Å². The lowest BCUT2D eigenvalue weighted by Gasteiger charge is -2.28. The fraction of sp³-hybridized carbons (Fsp3) is 0.333. The number of fused-ring (bicyclic) bond motifs is 1. The van der Waals surface area contributed by atoms with Crippen LogP contribution in [0.3, 0.4) is 0 Å². The summed E-state index contributed by atoms with van der Waals surface area (Å²) < 4.78 is 11.8. The smallest absolute Gasteiger partial charge is 0.241 e. The van der Waals surface area contributed by atoms with Gasteiger partial charge in [0, 0.05) is 30.9 Å². The molecule has 1 heterocycles. The molecule has 5 heteroatoms. The summed E-state index contributed by atoms with van der Waals surface area (Å²) in [7, 11) is 1.64. The van der Waals surface area contributed by atoms with E-state index in [9.17, 15) is 4.79 Å². The molecule has 0 saturated carbocycles. The first-order chi connectivity index (χ1) is 12.6. The van der Waals surface area contributed by atoms with E-state index in [1.807, 2.05) is 25.1 Å². The summed E-state index contributed by atoms with van der Waals surface area (Å²) in [6.07, 6.45) is 4.02. The van der Waals surface area contributed by atoms with Crippen LogP contribution >= 0.6 is 0 Å². The highest BCUT2D eigenvalue weighted by Crippen LogP contribution is 2.37. The molecule has 0 saturated heterocycles. The zero-order chi connectivity index (χ0) is 18.1. The largest absolute Gasteiger partial charge is 0.493 e. The van der Waals surface area contributed by atoms with Gasteiger partial charge in [0.1, 0.15) is 6.10 Å². The number of hydrogen-bond acceptors (Lipinski definition) is 4. The van der Waals surface area contributed by atoms with Crippen LogP contribution in [0.4, 0.5) is 0 Å². The summed E-state index contributed by atoms with van der Waals surface area (Å²) in [6.45, 7) is 2.01. The van der Waals surface area contributed by atoms with E-state index in [1.165, 1.54) is 11.1 Å². The number of amides is 1. The Morgan fingerprint density at radius 1 is 1.12 bits per heavy atom. The summed E-state index contributed by atoms with van der Waals surface area (Å²) in [4.78, 5) is 11.8. The number of carbonyl (C=O) groups is 1. The molecule has 2 aliphatic rings. The van der Waals surface area contributed by atoms with Crippen molar-refractivity contribution in [3.05, 3.63) is 59.2 Å². The molecule has 0 fully saturated rings. The minimum absolute atomic E-state index is 0.0838. The highest BCUT2D eigenvalue weighted by Gasteiger charge is 2.32. The van der Waals surface area contributed by atoms with Gasteiger partial charge in [-0.3, -0.25) is 4.79 Å². The average molecular weight is 350 g/mol. The summed E-state index contributed by atoms with van der Waals surface area (Å²) >= 11 is 0. The summed E-state index contributed by atoms with van der Waals surface area (Å²) in [5, 5.41) is 3.99. The second-order valence-electron chi connectivity index (χ2n) is 7.17. The van der Waals surface area contributed by atoms with Gasteiger partial charge in [-0.05, 0) is 35.7 Å². The maximum Gasteiger partial charge on any atom is 0.241 e. The Morgan fingerprint density at radius 2 is 1.85 bits per heavy atom. The lowest BCUT2D eigenvalue weighted by atomic mass is 9.79. The third-order valence-corrected chi connectivity index (χ3v) is 5.20. The Morgan fingerprint density at radius 3 is 2.50 bits per heavy atom. The van der Waals surface area contributed by atoms with Gasteiger partial charge < -0.3 is 9.47 Å². The van der Waals surface area contributed by atoms with Crippen LogP contribution in [0, 0.1) is 0 Å². The van der Waals surface area contributed by atoms with Crippen LogP contribution in [0.2, 0.25) is 0 Å². The number of methoxy groups -OCH3 is 1. The highest BCUT2D eigenvalue weighted by molar-refractivity contribution is 5.89. The van der Waals surface area contributed by atoms with E-state index < -0.39 is 5.41 Å². The second kappa shape index (κ2) is 6.48. The van der Waals surface area contributed by atoms with Gasteiger partial charge in [-0.1, -0.05) is 30.3 Å². The van der Waals surface area contributed by atoms with E-state index in [1.54, 1.807) is 13.3 Å². The van der Waals surface area contributed by atoms with Crippen LogP contribution in [-0.4, -0.2) is 25.3 Å². The molecule has 1 atom stereocenters. The maximum atomic E-state index is 11.8. The molecule has 2 aromatic carbocycles. The Bertz CT molecular complexity index is 852. The third-order valence-electron chi connectivity index (χ3n) is 5.20. The standard InChI is InChI=1S/C21H22N2O3/c1-21(12-20(24)23-22-13-21)16-7-8-18(25-2)19(11-16)26-17-9-14-5-3-4-6-15(14)10-17/h3-8,11,13,17H,9-10,12H2,1-2H3,(H,23,24). The number of ether oxygens (including phenoxy) is 2. The van der Waals surface area contributed by atoms with Crippen LogP contribution in [0.1, 0.15) is 30.0 Å². The predicted molar refractivity (Wildman–Crippen MR) is 99.9 cm³/mol. The van der Waals surface area contributed by atoms with Crippen molar-refractivity contribution >= 4 is 12.1 Å². The van der Waals surface area contributed by atoms with Crippen molar-refractivity contribution in [3.8, 4) is 11.5 Å². The van der Waals surface area contributed by atoms with Gasteiger partial charge in [-0.15, -0.1) is 0 Å². The van der Waals surface area contributed by atoms with Gasteiger partial charge in [-0.25, -0.2) is 5.43 Å². The van der Waals surface area contributed by atoms with E-state index in [0.29, 0.717) is 17.9 Å². The summed E-state index contributed by atoms with van der Waals surface area (Å²) in [6, 6.07) is 14.3. The Labute approximate surface area is 153 Å². The molecule has 134 valence electrons. The third kappa shape index (κ3) is 3.05. The number of benzene rings is 2. The molecule has 0 radical (unpaired) electrons. The zero-order valence-electron chi connectivity index (χ0n) is 15.0. The second-order valence-corrected chi connectivity index (χ2v) is 7.17. The Hall–Kier alpha value is -2.82. The highest BCUT2D eigenvalue weighted by atomic mass is 16.5. The van der Waals surface area contributed by atoms with Crippen LogP contribution in [0.15, 0.2) is 47.6 Å². The number of hydrazone groups is 1. The van der Waals surface area contributed by atoms with Gasteiger partial charge >= 0.3 is 0 Å². The van der Waals surface area contributed by atoms with E-state index >= 15 is 0 Å². The van der Waals surface area contributed by atoms with Gasteiger partial charge in [0.05, 0.1) is 7.11 Å². The average Bonchev–Trinajstić information content (AvgIpc) is 3.04. The van der Waals surface area contributed by atoms with Gasteiger partial charge in [0.2, 0.25) is 5.91 Å². The first-order valence-electron chi connectivity index (χ1n) is 8.82. The molecule has 1 unspecified atom stereocenters. The normalized spacial score (nSPS) is 22.0. The number of nitrogens with zero attached hydrogens (tertiary/aromatic N) is 1. The monoisotopic (exact) mass is 350 g/mol. The van der Waals surface area contributed by atoms with E-state index in [4.69, 9.17) is 9.47 Å². The first kappa shape index (κ1) is 16.6. The molecule has 2 aromatic rings. The lowest BCUT2D eigenvalue weighted by Crippen LogP contribution is -2.37. The van der Waals surface area contributed by atoms with Crippen LogP contribution in [0.5, 0.6) is 11.5 Å². The minimum atomic E-state index is -0.453. The molecule has 1 amide bonds. The lowest BCUT2D eigenvalue weighted by molar-refractivity contribution is -0.122. The molecule has 1 aliphatic carbocycles. The van der Waals surface area contributed by atoms with Crippen molar-refractivity contribution < 1.29 is 14.3 Å². The van der Waals surface area contributed by atoms with Crippen LogP contribution in [-0.2, 0) is 23.1 Å². The maximum absolute atomic E-state index is 11.8. The molecule has 5 nitrogen and oxygen atoms in total. The van der Waals surface area contributed by atoms with Gasteiger partial charge in [0.25, 0.3) is 0 Å². The van der Waals surface area contributed by atoms with Crippen molar-refractivity contribution in [1.29, 1.82) is 0 Å². The predicted octanol–water partition coefficient (Wildman–Crippen LogP) is 3.00. The number of hydrogen-bond donors (Lipinski definition) is 1. The minimum Gasteiger partial charge on any atom is -0.493 e. The van der Waals surface area contributed by atoms with E-state index in [-0.39, 0.29) is 12.0 Å². The fourth-order valence-corrected chi connectivity index (χ4v) is 3.75. The molecule has 1 aliphatic heterocycles. The molecular formula is C21H22N2O3. The zero-order valence-corrected chi connectivity index (χ0v) is 15.0. The fourth-order valence-electron chi connectivity index (χ4n) is 3.75. The summed E-state index contributed by atoms with van der Waals surface area (Å²) in [5.41, 5.74) is 5.71. The Kier molecular flexibility index (Phi) is 4.15. The van der Waals surface area contributed by atoms with Crippen molar-refractivity contribution in [2.45, 2.75) is 37.7 Å². The van der Waals surface area contributed by atoms with Crippen LogP contribution in [0.25, 0.3) is 0 Å². The van der Waals surface area contributed by atoms with Crippen molar-refractivity contribution in [2.24, 2.45) is 5.10 Å². The molecule has 0 aromatic heterocycles. The number of nitrogens with one attached hydrogen (secondary N) is 1. The van der Waals surface area contributed by atoms with Crippen molar-refractivity contribution in [3.63, 3.8) is 0 Å². The molecular weight excluding hydrogens is 328 g/mol. The number of rotatable bonds is 4. The molecule has 0 bridgehead atoms. The SMILES string of the molecule is COc1ccc(C2(C)C=NNC(=O)C2)cc1OC1Cc2ccccc2C1. The quantitative estimate of drug-likeness (QED) is 0.922. The molecule has 1 N–H and O–H groups in total. The summed E-state index contributed by atoms with van der Waals surface area (Å²) in [5.74, 6) is 1.33. The first-order valence-corrected chi connectivity index (χ1v) is 8.82. The molecule has 26 heavy (non-hydrogen) atoms. The topological polar surface area (TPSA) is 59.9 Å². The number of carbonyl (C=O) groups excluding carboxylic acids is 1. The van der Waals surface area contributed by atoms with Crippen molar-refractivity contribution in [2.75, 3.05) is 7.11 Å².